The fraction of sp³-hybridized carbons (Fsp3) is 0.200. The number of nitrogens with one attached hydrogen (secondary N) is 1. The zero-order valence-electron chi connectivity index (χ0n) is 19.3. The third kappa shape index (κ3) is 7.29. The summed E-state index contributed by atoms with van der Waals surface area (Å²) in [6.45, 7) is -0.305. The molecule has 0 aromatic heterocycles. The predicted octanol–water partition coefficient (Wildman–Crippen LogP) is 3.74. The van der Waals surface area contributed by atoms with Crippen molar-refractivity contribution in [3.05, 3.63) is 88.9 Å². The number of hydrogen-bond donors (Lipinski definition) is 1. The molecule has 0 heterocycles. The minimum absolute atomic E-state index is 0.0485. The van der Waals surface area contributed by atoms with Crippen molar-refractivity contribution < 1.29 is 22.7 Å². The highest BCUT2D eigenvalue weighted by atomic mass is 35.5. The van der Waals surface area contributed by atoms with Gasteiger partial charge in [-0.05, 0) is 54.4 Å². The number of rotatable bonds is 11. The average molecular weight is 516 g/mol. The lowest BCUT2D eigenvalue weighted by Crippen LogP contribution is -2.40. The molecule has 0 spiro atoms. The van der Waals surface area contributed by atoms with Crippen LogP contribution in [0.5, 0.6) is 11.5 Å². The molecule has 184 valence electrons. The zero-order chi connectivity index (χ0) is 25.3. The summed E-state index contributed by atoms with van der Waals surface area (Å²) in [7, 11) is -0.899. The molecule has 0 atom stereocenters. The number of sulfonamides is 1. The first-order chi connectivity index (χ1) is 16.8. The Kier molecular flexibility index (Phi) is 9.25. The van der Waals surface area contributed by atoms with Gasteiger partial charge in [0.05, 0.1) is 31.9 Å². The first kappa shape index (κ1) is 26.2. The van der Waals surface area contributed by atoms with Crippen molar-refractivity contribution >= 4 is 33.7 Å². The van der Waals surface area contributed by atoms with E-state index in [1.54, 1.807) is 18.2 Å². The first-order valence-corrected chi connectivity index (χ1v) is 12.5. The van der Waals surface area contributed by atoms with E-state index >= 15 is 0 Å². The van der Waals surface area contributed by atoms with Gasteiger partial charge < -0.3 is 9.47 Å². The molecule has 35 heavy (non-hydrogen) atoms. The van der Waals surface area contributed by atoms with Gasteiger partial charge in [0.1, 0.15) is 11.5 Å². The Morgan fingerprint density at radius 2 is 1.74 bits per heavy atom. The van der Waals surface area contributed by atoms with E-state index in [1.165, 1.54) is 44.7 Å². The lowest BCUT2D eigenvalue weighted by Gasteiger charge is -2.21. The summed E-state index contributed by atoms with van der Waals surface area (Å²) in [6.07, 6.45) is 1.84. The molecular weight excluding hydrogens is 490 g/mol. The first-order valence-electron chi connectivity index (χ1n) is 10.7. The van der Waals surface area contributed by atoms with Crippen molar-refractivity contribution in [2.45, 2.75) is 11.3 Å². The lowest BCUT2D eigenvalue weighted by atomic mass is 10.1. The van der Waals surface area contributed by atoms with E-state index in [1.807, 2.05) is 30.3 Å². The quantitative estimate of drug-likeness (QED) is 0.310. The third-order valence-electron chi connectivity index (χ3n) is 5.09. The number of hydrazone groups is 1. The molecule has 3 aromatic carbocycles. The Hall–Kier alpha value is -3.40. The van der Waals surface area contributed by atoms with Gasteiger partial charge in [-0.3, -0.25) is 4.79 Å². The number of carbonyl (C=O) groups excluding carboxylic acids is 1. The van der Waals surface area contributed by atoms with E-state index in [-0.39, 0.29) is 11.4 Å². The Morgan fingerprint density at radius 1 is 1.03 bits per heavy atom. The predicted molar refractivity (Wildman–Crippen MR) is 136 cm³/mol. The molecule has 0 aliphatic heterocycles. The van der Waals surface area contributed by atoms with E-state index in [9.17, 15) is 13.2 Å². The van der Waals surface area contributed by atoms with Crippen LogP contribution in [0.15, 0.2) is 82.8 Å². The molecule has 8 nitrogen and oxygen atoms in total. The number of ether oxygens (including phenoxy) is 2. The Bertz CT molecular complexity index is 1270. The molecule has 0 bridgehead atoms. The van der Waals surface area contributed by atoms with Crippen molar-refractivity contribution in [2.75, 3.05) is 27.3 Å². The second-order valence-corrected chi connectivity index (χ2v) is 9.80. The van der Waals surface area contributed by atoms with Crippen LogP contribution in [0.2, 0.25) is 5.02 Å². The van der Waals surface area contributed by atoms with Gasteiger partial charge in [-0.1, -0.05) is 41.9 Å². The molecule has 0 fully saturated rings. The van der Waals surface area contributed by atoms with Gasteiger partial charge in [-0.2, -0.15) is 9.41 Å². The van der Waals surface area contributed by atoms with Crippen LogP contribution >= 0.6 is 11.6 Å². The number of halogens is 1. The molecule has 0 aliphatic carbocycles. The van der Waals surface area contributed by atoms with Gasteiger partial charge in [0.15, 0.2) is 0 Å². The SMILES string of the molecule is COc1ccc(OC)c(/C=N\NC(=O)CN(CCc2ccccc2)S(=O)(=O)c2ccc(Cl)cc2)c1. The molecule has 1 amide bonds. The van der Waals surface area contributed by atoms with Crippen LogP contribution in [-0.2, 0) is 21.2 Å². The maximum Gasteiger partial charge on any atom is 0.255 e. The number of amides is 1. The molecule has 0 aliphatic rings. The van der Waals surface area contributed by atoms with E-state index in [0.717, 1.165) is 9.87 Å². The number of hydrogen-bond acceptors (Lipinski definition) is 6. The summed E-state index contributed by atoms with van der Waals surface area (Å²) in [5.74, 6) is 0.548. The molecule has 0 radical (unpaired) electrons. The highest BCUT2D eigenvalue weighted by Gasteiger charge is 2.26. The van der Waals surface area contributed by atoms with Crippen LogP contribution in [0.4, 0.5) is 0 Å². The van der Waals surface area contributed by atoms with Gasteiger partial charge in [-0.25, -0.2) is 13.8 Å². The maximum absolute atomic E-state index is 13.3. The summed E-state index contributed by atoms with van der Waals surface area (Å²) in [6, 6.07) is 20.4. The fourth-order valence-corrected chi connectivity index (χ4v) is 4.77. The molecule has 3 aromatic rings. The maximum atomic E-state index is 13.3. The summed E-state index contributed by atoms with van der Waals surface area (Å²) in [5.41, 5.74) is 3.92. The average Bonchev–Trinajstić information content (AvgIpc) is 2.87. The minimum atomic E-state index is -3.95. The Morgan fingerprint density at radius 3 is 2.40 bits per heavy atom. The van der Waals surface area contributed by atoms with E-state index < -0.39 is 22.5 Å². The molecule has 1 N–H and O–H groups in total. The standard InChI is InChI=1S/C25H26ClN3O5S/c1-33-22-10-13-24(34-2)20(16-22)17-27-28-25(30)18-29(15-14-19-6-4-3-5-7-19)35(31,32)23-11-8-21(26)9-12-23/h3-13,16-17H,14-15,18H2,1-2H3,(H,28,30)/b27-17-. The Labute approximate surface area is 210 Å². The molecular formula is C25H26ClN3O5S. The van der Waals surface area contributed by atoms with Gasteiger partial charge in [0, 0.05) is 17.1 Å². The van der Waals surface area contributed by atoms with Crippen molar-refractivity contribution in [1.29, 1.82) is 0 Å². The Balaban J connectivity index is 1.75. The normalized spacial score (nSPS) is 11.5. The molecule has 0 unspecified atom stereocenters. The van der Waals surface area contributed by atoms with Crippen molar-refractivity contribution in [3.8, 4) is 11.5 Å². The molecule has 0 saturated carbocycles. The van der Waals surface area contributed by atoms with E-state index in [0.29, 0.717) is 28.5 Å². The molecule has 0 saturated heterocycles. The van der Waals surface area contributed by atoms with Gasteiger partial charge in [0.2, 0.25) is 10.0 Å². The van der Waals surface area contributed by atoms with Gasteiger partial charge >= 0.3 is 0 Å². The number of nitrogens with zero attached hydrogens (tertiary/aromatic N) is 2. The van der Waals surface area contributed by atoms with Gasteiger partial charge in [-0.15, -0.1) is 0 Å². The topological polar surface area (TPSA) is 97.3 Å². The van der Waals surface area contributed by atoms with Crippen LogP contribution in [0.25, 0.3) is 0 Å². The van der Waals surface area contributed by atoms with Crippen LogP contribution < -0.4 is 14.9 Å². The van der Waals surface area contributed by atoms with Crippen LogP contribution in [0.1, 0.15) is 11.1 Å². The van der Waals surface area contributed by atoms with Crippen molar-refractivity contribution in [3.63, 3.8) is 0 Å². The summed E-state index contributed by atoms with van der Waals surface area (Å²) in [5, 5.41) is 4.38. The van der Waals surface area contributed by atoms with Gasteiger partial charge in [0.25, 0.3) is 5.91 Å². The second-order valence-electron chi connectivity index (χ2n) is 7.43. The highest BCUT2D eigenvalue weighted by Crippen LogP contribution is 2.22. The number of carbonyl (C=O) groups is 1. The summed E-state index contributed by atoms with van der Waals surface area (Å²) < 4.78 is 38.2. The second kappa shape index (κ2) is 12.3. The van der Waals surface area contributed by atoms with Crippen molar-refractivity contribution in [1.82, 2.24) is 9.73 Å². The largest absolute Gasteiger partial charge is 0.497 e. The van der Waals surface area contributed by atoms with Crippen LogP contribution in [0.3, 0.4) is 0 Å². The summed E-state index contributed by atoms with van der Waals surface area (Å²) >= 11 is 5.91. The lowest BCUT2D eigenvalue weighted by molar-refractivity contribution is -0.121. The fourth-order valence-electron chi connectivity index (χ4n) is 3.25. The summed E-state index contributed by atoms with van der Waals surface area (Å²) in [4.78, 5) is 12.7. The van der Waals surface area contributed by atoms with E-state index in [4.69, 9.17) is 21.1 Å². The zero-order valence-corrected chi connectivity index (χ0v) is 20.9. The number of methoxy groups -OCH3 is 2. The molecule has 3 rings (SSSR count). The monoisotopic (exact) mass is 515 g/mol. The smallest absolute Gasteiger partial charge is 0.255 e. The van der Waals surface area contributed by atoms with Crippen LogP contribution in [-0.4, -0.2) is 52.2 Å². The third-order valence-corrected chi connectivity index (χ3v) is 7.21. The van der Waals surface area contributed by atoms with Crippen LogP contribution in [0, 0.1) is 0 Å². The highest BCUT2D eigenvalue weighted by molar-refractivity contribution is 7.89. The minimum Gasteiger partial charge on any atom is -0.497 e. The molecule has 10 heteroatoms. The van der Waals surface area contributed by atoms with Crippen molar-refractivity contribution in [2.24, 2.45) is 5.10 Å². The van der Waals surface area contributed by atoms with E-state index in [2.05, 4.69) is 10.5 Å². The number of benzene rings is 3.